The summed E-state index contributed by atoms with van der Waals surface area (Å²) in [6.45, 7) is 4.02. The molecule has 0 aromatic rings. The first kappa shape index (κ1) is 19.9. The Kier molecular flexibility index (Phi) is 7.12. The van der Waals surface area contributed by atoms with Gasteiger partial charge in [0, 0.05) is 37.7 Å². The third-order valence-electron chi connectivity index (χ3n) is 4.05. The number of carboxylic acid groups (broad SMARTS) is 3. The van der Waals surface area contributed by atoms with Crippen molar-refractivity contribution in [3.05, 3.63) is 23.8 Å². The number of carbonyl (C=O) groups is 3. The van der Waals surface area contributed by atoms with Gasteiger partial charge in [-0.05, 0) is 32.4 Å². The molecule has 0 radical (unpaired) electrons. The third-order valence-corrected chi connectivity index (χ3v) is 4.05. The lowest BCUT2D eigenvalue weighted by Crippen LogP contribution is -2.42. The lowest BCUT2D eigenvalue weighted by atomic mass is 9.87. The fourth-order valence-corrected chi connectivity index (χ4v) is 2.80. The minimum absolute atomic E-state index is 0.0421. The molecule has 134 valence electrons. The van der Waals surface area contributed by atoms with Gasteiger partial charge in [0.2, 0.25) is 0 Å². The number of carboxylic acids is 3. The number of ether oxygens (including phenoxy) is 1. The van der Waals surface area contributed by atoms with Gasteiger partial charge in [0.1, 0.15) is 0 Å². The zero-order chi connectivity index (χ0) is 18.3. The van der Waals surface area contributed by atoms with Gasteiger partial charge in [-0.3, -0.25) is 0 Å². The van der Waals surface area contributed by atoms with Gasteiger partial charge >= 0.3 is 17.9 Å². The zero-order valence-electron chi connectivity index (χ0n) is 13.8. The molecule has 2 heterocycles. The highest BCUT2D eigenvalue weighted by Crippen LogP contribution is 2.41. The Morgan fingerprint density at radius 1 is 1.08 bits per heavy atom. The third kappa shape index (κ3) is 6.51. The van der Waals surface area contributed by atoms with Gasteiger partial charge < -0.3 is 25.0 Å². The summed E-state index contributed by atoms with van der Waals surface area (Å²) in [5.41, 5.74) is 0.838. The first-order valence-corrected chi connectivity index (χ1v) is 7.57. The van der Waals surface area contributed by atoms with Crippen molar-refractivity contribution in [2.45, 2.75) is 37.9 Å². The van der Waals surface area contributed by atoms with Crippen LogP contribution in [-0.2, 0) is 19.1 Å². The van der Waals surface area contributed by atoms with E-state index < -0.39 is 17.9 Å². The summed E-state index contributed by atoms with van der Waals surface area (Å²) in [6, 6.07) is 0. The van der Waals surface area contributed by atoms with Crippen LogP contribution in [0.3, 0.4) is 0 Å². The number of nitrogens with zero attached hydrogens (tertiary/aromatic N) is 1. The van der Waals surface area contributed by atoms with Gasteiger partial charge in [0.25, 0.3) is 0 Å². The van der Waals surface area contributed by atoms with E-state index in [2.05, 4.69) is 11.9 Å². The highest BCUT2D eigenvalue weighted by Gasteiger charge is 2.43. The molecule has 2 rings (SSSR count). The Morgan fingerprint density at radius 3 is 2.00 bits per heavy atom. The number of hydrogen-bond acceptors (Lipinski definition) is 5. The van der Waals surface area contributed by atoms with E-state index in [4.69, 9.17) is 20.1 Å². The van der Waals surface area contributed by atoms with Crippen molar-refractivity contribution in [3.8, 4) is 0 Å². The molecule has 0 saturated carbocycles. The van der Waals surface area contributed by atoms with Crippen LogP contribution in [0.2, 0.25) is 0 Å². The van der Waals surface area contributed by atoms with Gasteiger partial charge in [-0.2, -0.15) is 0 Å². The van der Waals surface area contributed by atoms with E-state index in [0.717, 1.165) is 37.9 Å². The molecule has 2 saturated heterocycles. The van der Waals surface area contributed by atoms with Crippen LogP contribution >= 0.6 is 0 Å². The van der Waals surface area contributed by atoms with Crippen molar-refractivity contribution >= 4 is 17.9 Å². The molecule has 0 bridgehead atoms. The highest BCUT2D eigenvalue weighted by molar-refractivity contribution is 5.89. The van der Waals surface area contributed by atoms with Crippen molar-refractivity contribution < 1.29 is 34.4 Å². The van der Waals surface area contributed by atoms with Gasteiger partial charge in [0.15, 0.2) is 0 Å². The molecule has 1 unspecified atom stereocenters. The van der Waals surface area contributed by atoms with Crippen LogP contribution in [0.15, 0.2) is 23.8 Å². The predicted octanol–water partition coefficient (Wildman–Crippen LogP) is 0.982. The minimum atomic E-state index is -1.26. The minimum Gasteiger partial charge on any atom is -0.478 e. The standard InChI is InChI=1S/C12H19NO3.C4H4O4/c1-9-10(7-11(14)15)8-12(16-9)3-5-13(2)6-4-12;5-3(6)1-2-4(7)8/h7,9H,3-6,8H2,1-2H3,(H,14,15);1-2H,(H,5,6)(H,7,8)/b;2-1-. The van der Waals surface area contributed by atoms with E-state index >= 15 is 0 Å². The van der Waals surface area contributed by atoms with E-state index in [-0.39, 0.29) is 11.7 Å². The Hall–Kier alpha value is -2.19. The van der Waals surface area contributed by atoms with Crippen LogP contribution in [0, 0.1) is 0 Å². The fourth-order valence-electron chi connectivity index (χ4n) is 2.80. The highest BCUT2D eigenvalue weighted by atomic mass is 16.5. The molecule has 2 aliphatic heterocycles. The molecule has 3 N–H and O–H groups in total. The first-order valence-electron chi connectivity index (χ1n) is 7.57. The van der Waals surface area contributed by atoms with Crippen molar-refractivity contribution in [2.75, 3.05) is 20.1 Å². The molecule has 2 fully saturated rings. The topological polar surface area (TPSA) is 124 Å². The average molecular weight is 341 g/mol. The summed E-state index contributed by atoms with van der Waals surface area (Å²) in [4.78, 5) is 32.1. The van der Waals surface area contributed by atoms with Crippen molar-refractivity contribution in [1.29, 1.82) is 0 Å². The summed E-state index contributed by atoms with van der Waals surface area (Å²) in [5, 5.41) is 24.4. The summed E-state index contributed by atoms with van der Waals surface area (Å²) >= 11 is 0. The number of aliphatic carboxylic acids is 3. The van der Waals surface area contributed by atoms with E-state index in [1.165, 1.54) is 6.08 Å². The first-order chi connectivity index (χ1) is 11.1. The lowest BCUT2D eigenvalue weighted by Gasteiger charge is -2.37. The van der Waals surface area contributed by atoms with Crippen LogP contribution in [0.1, 0.15) is 26.2 Å². The summed E-state index contributed by atoms with van der Waals surface area (Å²) < 4.78 is 5.99. The largest absolute Gasteiger partial charge is 0.478 e. The Morgan fingerprint density at radius 2 is 1.58 bits per heavy atom. The van der Waals surface area contributed by atoms with Gasteiger partial charge in [-0.1, -0.05) is 0 Å². The molecule has 1 spiro atoms. The van der Waals surface area contributed by atoms with Crippen molar-refractivity contribution in [2.24, 2.45) is 0 Å². The second-order valence-electron chi connectivity index (χ2n) is 5.99. The SMILES string of the molecule is CC1OC2(CCN(C)CC2)CC1=CC(=O)O.O=C(O)/C=C\C(=O)O. The molecular formula is C16H23NO7. The van der Waals surface area contributed by atoms with E-state index in [1.807, 2.05) is 6.92 Å². The van der Waals surface area contributed by atoms with Crippen molar-refractivity contribution in [1.82, 2.24) is 4.90 Å². The van der Waals surface area contributed by atoms with Gasteiger partial charge in [0.05, 0.1) is 11.7 Å². The molecule has 8 nitrogen and oxygen atoms in total. The molecule has 2 aliphatic rings. The summed E-state index contributed by atoms with van der Waals surface area (Å²) in [6.07, 6.45) is 5.19. The Balaban J connectivity index is 0.000000307. The lowest BCUT2D eigenvalue weighted by molar-refractivity contribution is -0.134. The van der Waals surface area contributed by atoms with Crippen LogP contribution in [-0.4, -0.2) is 70.0 Å². The molecule has 0 amide bonds. The predicted molar refractivity (Wildman–Crippen MR) is 84.8 cm³/mol. The molecule has 0 aromatic heterocycles. The van der Waals surface area contributed by atoms with Crippen molar-refractivity contribution in [3.63, 3.8) is 0 Å². The normalized spacial score (nSPS) is 24.8. The van der Waals surface area contributed by atoms with E-state index in [0.29, 0.717) is 12.2 Å². The molecule has 8 heteroatoms. The molecule has 0 aromatic carbocycles. The maximum Gasteiger partial charge on any atom is 0.328 e. The Labute approximate surface area is 140 Å². The van der Waals surface area contributed by atoms with Gasteiger partial charge in [-0.25, -0.2) is 14.4 Å². The Bertz CT molecular complexity index is 529. The number of rotatable bonds is 3. The quantitative estimate of drug-likeness (QED) is 0.649. The van der Waals surface area contributed by atoms with Crippen LogP contribution in [0.25, 0.3) is 0 Å². The van der Waals surface area contributed by atoms with Crippen LogP contribution in [0.5, 0.6) is 0 Å². The molecule has 0 aliphatic carbocycles. The fraction of sp³-hybridized carbons (Fsp3) is 0.562. The smallest absolute Gasteiger partial charge is 0.328 e. The monoisotopic (exact) mass is 341 g/mol. The molecule has 24 heavy (non-hydrogen) atoms. The van der Waals surface area contributed by atoms with Crippen LogP contribution in [0.4, 0.5) is 0 Å². The number of likely N-dealkylation sites (tertiary alicyclic amines) is 1. The second-order valence-corrected chi connectivity index (χ2v) is 5.99. The maximum atomic E-state index is 10.7. The second kappa shape index (κ2) is 8.60. The summed E-state index contributed by atoms with van der Waals surface area (Å²) in [7, 11) is 2.11. The van der Waals surface area contributed by atoms with E-state index in [9.17, 15) is 14.4 Å². The van der Waals surface area contributed by atoms with E-state index in [1.54, 1.807) is 0 Å². The molecular weight excluding hydrogens is 318 g/mol. The zero-order valence-corrected chi connectivity index (χ0v) is 13.8. The van der Waals surface area contributed by atoms with Crippen LogP contribution < -0.4 is 0 Å². The summed E-state index contributed by atoms with van der Waals surface area (Å²) in [5.74, 6) is -3.38. The number of piperidine rings is 1. The molecule has 1 atom stereocenters. The average Bonchev–Trinajstić information content (AvgIpc) is 2.76. The van der Waals surface area contributed by atoms with Gasteiger partial charge in [-0.15, -0.1) is 0 Å². The number of hydrogen-bond donors (Lipinski definition) is 3. The maximum absolute atomic E-state index is 10.7.